The van der Waals surface area contributed by atoms with Crippen LogP contribution in [0, 0.1) is 6.92 Å². The highest BCUT2D eigenvalue weighted by atomic mass is 32.2. The average molecular weight is 205 g/mol. The molecule has 0 aliphatic carbocycles. The number of rotatable bonds is 1. The van der Waals surface area contributed by atoms with Crippen molar-refractivity contribution in [2.24, 2.45) is 0 Å². The van der Waals surface area contributed by atoms with Gasteiger partial charge in [0.25, 0.3) is 0 Å². The predicted octanol–water partition coefficient (Wildman–Crippen LogP) is 2.12. The maximum atomic E-state index is 11.2. The van der Waals surface area contributed by atoms with Gasteiger partial charge in [-0.15, -0.1) is 0 Å². The Morgan fingerprint density at radius 1 is 1.29 bits per heavy atom. The average Bonchev–Trinajstić information content (AvgIpc) is 2.18. The first kappa shape index (κ1) is 9.21. The van der Waals surface area contributed by atoms with E-state index in [-0.39, 0.29) is 0 Å². The Hall–Kier alpha value is -1.35. The van der Waals surface area contributed by atoms with Crippen molar-refractivity contribution in [3.05, 3.63) is 53.0 Å². The summed E-state index contributed by atoms with van der Waals surface area (Å²) in [6.07, 6.45) is 3.75. The van der Waals surface area contributed by atoms with Gasteiger partial charge in [-0.2, -0.15) is 0 Å². The lowest BCUT2D eigenvalue weighted by Crippen LogP contribution is -2.16. The van der Waals surface area contributed by atoms with Gasteiger partial charge in [-0.1, -0.05) is 24.3 Å². The fourth-order valence-corrected chi connectivity index (χ4v) is 2.09. The number of nitrogens with one attached hydrogen (secondary N) is 1. The molecule has 0 bridgehead atoms. The largest absolute Gasteiger partial charge is 0.301 e. The first-order valence-corrected chi connectivity index (χ1v) is 5.60. The van der Waals surface area contributed by atoms with Crippen molar-refractivity contribution in [2.45, 2.75) is 6.92 Å². The summed E-state index contributed by atoms with van der Waals surface area (Å²) in [7, 11) is -1.08. The second-order valence-electron chi connectivity index (χ2n) is 3.12. The molecule has 0 amide bonds. The minimum absolute atomic E-state index is 0.920. The SMILES string of the molecule is Cc1ccccc1C1=CC=CS(=O)N1. The van der Waals surface area contributed by atoms with Crippen LogP contribution in [0.15, 0.2) is 41.8 Å². The Balaban J connectivity index is 2.41. The third-order valence-electron chi connectivity index (χ3n) is 2.11. The number of aryl methyl sites for hydroxylation is 1. The molecule has 0 aromatic heterocycles. The molecule has 1 aromatic carbocycles. The fourth-order valence-electron chi connectivity index (χ4n) is 1.40. The van der Waals surface area contributed by atoms with Crippen molar-refractivity contribution < 1.29 is 4.21 Å². The molecule has 0 spiro atoms. The topological polar surface area (TPSA) is 29.1 Å². The van der Waals surface area contributed by atoms with Gasteiger partial charge in [-0.25, -0.2) is 4.21 Å². The summed E-state index contributed by atoms with van der Waals surface area (Å²) in [6.45, 7) is 2.04. The summed E-state index contributed by atoms with van der Waals surface area (Å²) in [4.78, 5) is 0. The van der Waals surface area contributed by atoms with E-state index in [9.17, 15) is 4.21 Å². The summed E-state index contributed by atoms with van der Waals surface area (Å²) >= 11 is 0. The molecule has 14 heavy (non-hydrogen) atoms. The molecular formula is C11H11NOS. The molecule has 1 N–H and O–H groups in total. The second-order valence-corrected chi connectivity index (χ2v) is 4.19. The monoisotopic (exact) mass is 205 g/mol. The van der Waals surface area contributed by atoms with Crippen LogP contribution in [0.5, 0.6) is 0 Å². The lowest BCUT2D eigenvalue weighted by molar-refractivity contribution is 0.685. The lowest BCUT2D eigenvalue weighted by Gasteiger charge is -2.13. The van der Waals surface area contributed by atoms with E-state index in [1.54, 1.807) is 5.41 Å². The van der Waals surface area contributed by atoms with Crippen LogP contribution < -0.4 is 4.72 Å². The van der Waals surface area contributed by atoms with Crippen LogP contribution in [0.4, 0.5) is 0 Å². The molecule has 72 valence electrons. The van der Waals surface area contributed by atoms with Gasteiger partial charge in [0.05, 0.1) is 5.70 Å². The molecule has 1 heterocycles. The molecule has 3 heteroatoms. The summed E-state index contributed by atoms with van der Waals surface area (Å²) in [5.41, 5.74) is 3.20. The van der Waals surface area contributed by atoms with Gasteiger partial charge in [-0.3, -0.25) is 0 Å². The fraction of sp³-hybridized carbons (Fsp3) is 0.0909. The Labute approximate surface area is 85.9 Å². The van der Waals surface area contributed by atoms with Gasteiger partial charge in [0, 0.05) is 11.0 Å². The van der Waals surface area contributed by atoms with E-state index in [1.165, 1.54) is 5.56 Å². The normalized spacial score (nSPS) is 20.1. The molecule has 1 aliphatic heterocycles. The molecule has 1 aromatic rings. The zero-order valence-electron chi connectivity index (χ0n) is 7.86. The Morgan fingerprint density at radius 3 is 2.79 bits per heavy atom. The molecule has 2 nitrogen and oxygen atoms in total. The standard InChI is InChI=1S/C11H11NOS/c1-9-5-2-3-6-10(9)11-7-4-8-14(13)12-11/h2-8,12H,1H3. The zero-order valence-corrected chi connectivity index (χ0v) is 8.67. The molecule has 1 atom stereocenters. The van der Waals surface area contributed by atoms with E-state index in [1.807, 2.05) is 43.3 Å². The maximum Gasteiger partial charge on any atom is 0.142 e. The highest BCUT2D eigenvalue weighted by Crippen LogP contribution is 2.18. The van der Waals surface area contributed by atoms with E-state index in [2.05, 4.69) is 4.72 Å². The summed E-state index contributed by atoms with van der Waals surface area (Å²) in [6, 6.07) is 8.03. The molecule has 1 unspecified atom stereocenters. The predicted molar refractivity (Wildman–Crippen MR) is 59.6 cm³/mol. The number of allylic oxidation sites excluding steroid dienone is 2. The van der Waals surface area contributed by atoms with Crippen molar-refractivity contribution in [3.8, 4) is 0 Å². The molecule has 1 aliphatic rings. The van der Waals surface area contributed by atoms with Crippen molar-refractivity contribution >= 4 is 16.7 Å². The van der Waals surface area contributed by atoms with Crippen molar-refractivity contribution in [1.29, 1.82) is 0 Å². The minimum Gasteiger partial charge on any atom is -0.301 e. The van der Waals surface area contributed by atoms with Crippen LogP contribution in [0.2, 0.25) is 0 Å². The Bertz CT molecular complexity index is 435. The Kier molecular flexibility index (Phi) is 2.50. The van der Waals surface area contributed by atoms with Crippen LogP contribution in [-0.2, 0) is 11.0 Å². The van der Waals surface area contributed by atoms with Gasteiger partial charge < -0.3 is 4.72 Å². The highest BCUT2D eigenvalue weighted by molar-refractivity contribution is 7.86. The van der Waals surface area contributed by atoms with Crippen LogP contribution >= 0.6 is 0 Å². The van der Waals surface area contributed by atoms with E-state index in [0.717, 1.165) is 11.3 Å². The van der Waals surface area contributed by atoms with Crippen LogP contribution in [0.3, 0.4) is 0 Å². The minimum atomic E-state index is -1.08. The van der Waals surface area contributed by atoms with Crippen LogP contribution in [0.25, 0.3) is 5.70 Å². The van der Waals surface area contributed by atoms with Gasteiger partial charge in [0.1, 0.15) is 11.0 Å². The van der Waals surface area contributed by atoms with Gasteiger partial charge in [-0.05, 0) is 24.6 Å². The van der Waals surface area contributed by atoms with Gasteiger partial charge in [0.2, 0.25) is 0 Å². The molecular weight excluding hydrogens is 194 g/mol. The van der Waals surface area contributed by atoms with Gasteiger partial charge in [0.15, 0.2) is 0 Å². The second kappa shape index (κ2) is 3.80. The molecule has 0 fully saturated rings. The number of benzene rings is 1. The maximum absolute atomic E-state index is 11.2. The molecule has 0 saturated heterocycles. The summed E-state index contributed by atoms with van der Waals surface area (Å²) in [5, 5.41) is 1.63. The first-order chi connectivity index (χ1) is 6.77. The third kappa shape index (κ3) is 1.77. The van der Waals surface area contributed by atoms with E-state index in [0.29, 0.717) is 0 Å². The highest BCUT2D eigenvalue weighted by Gasteiger charge is 2.07. The van der Waals surface area contributed by atoms with Crippen LogP contribution in [0.1, 0.15) is 11.1 Å². The lowest BCUT2D eigenvalue weighted by atomic mass is 10.1. The van der Waals surface area contributed by atoms with E-state index in [4.69, 9.17) is 0 Å². The first-order valence-electron chi connectivity index (χ1n) is 4.39. The molecule has 0 saturated carbocycles. The van der Waals surface area contributed by atoms with E-state index < -0.39 is 11.0 Å². The smallest absolute Gasteiger partial charge is 0.142 e. The summed E-state index contributed by atoms with van der Waals surface area (Å²) < 4.78 is 14.2. The zero-order chi connectivity index (χ0) is 9.97. The molecule has 0 radical (unpaired) electrons. The third-order valence-corrected chi connectivity index (χ3v) is 2.94. The quantitative estimate of drug-likeness (QED) is 0.747. The summed E-state index contributed by atoms with van der Waals surface area (Å²) in [5.74, 6) is 0. The Morgan fingerprint density at radius 2 is 2.07 bits per heavy atom. The van der Waals surface area contributed by atoms with Crippen molar-refractivity contribution in [2.75, 3.05) is 0 Å². The van der Waals surface area contributed by atoms with Gasteiger partial charge >= 0.3 is 0 Å². The van der Waals surface area contributed by atoms with Crippen molar-refractivity contribution in [1.82, 2.24) is 4.72 Å². The number of hydrogen-bond acceptors (Lipinski definition) is 1. The van der Waals surface area contributed by atoms with E-state index >= 15 is 0 Å². The van der Waals surface area contributed by atoms with Crippen LogP contribution in [-0.4, -0.2) is 4.21 Å². The molecule has 2 rings (SSSR count). The van der Waals surface area contributed by atoms with Crippen molar-refractivity contribution in [3.63, 3.8) is 0 Å². The number of hydrogen-bond donors (Lipinski definition) is 1.